The van der Waals surface area contributed by atoms with E-state index in [1.807, 2.05) is 13.0 Å². The summed E-state index contributed by atoms with van der Waals surface area (Å²) in [5.74, 6) is -0.144. The number of carbonyl (C=O) groups excluding carboxylic acids is 1. The maximum absolute atomic E-state index is 11.9. The molecule has 2 aromatic rings. The molecule has 3 nitrogen and oxygen atoms in total. The molecule has 0 fully saturated rings. The van der Waals surface area contributed by atoms with Crippen molar-refractivity contribution in [3.05, 3.63) is 53.9 Å². The third-order valence-corrected chi connectivity index (χ3v) is 2.68. The van der Waals surface area contributed by atoms with E-state index in [9.17, 15) is 4.79 Å². The lowest BCUT2D eigenvalue weighted by molar-refractivity contribution is 0.102. The van der Waals surface area contributed by atoms with Gasteiger partial charge in [-0.2, -0.15) is 0 Å². The standard InChI is InChI=1S/C13H12N2OS/c1-9-12(3-2-8-14-9)15-13(16)10-4-6-11(17)7-5-10/h2-8,17H,1H3,(H,15,16). The van der Waals surface area contributed by atoms with Gasteiger partial charge in [0.25, 0.3) is 5.91 Å². The zero-order chi connectivity index (χ0) is 12.3. The first kappa shape index (κ1) is 11.7. The summed E-state index contributed by atoms with van der Waals surface area (Å²) in [5.41, 5.74) is 2.13. The summed E-state index contributed by atoms with van der Waals surface area (Å²) >= 11 is 4.17. The van der Waals surface area contributed by atoms with Gasteiger partial charge in [0, 0.05) is 16.7 Å². The Morgan fingerprint density at radius 3 is 2.59 bits per heavy atom. The highest BCUT2D eigenvalue weighted by molar-refractivity contribution is 7.80. The Morgan fingerprint density at radius 1 is 1.24 bits per heavy atom. The third kappa shape index (κ3) is 2.85. The van der Waals surface area contributed by atoms with Gasteiger partial charge < -0.3 is 5.32 Å². The predicted molar refractivity (Wildman–Crippen MR) is 70.6 cm³/mol. The second kappa shape index (κ2) is 5.01. The van der Waals surface area contributed by atoms with E-state index in [1.165, 1.54) is 0 Å². The zero-order valence-electron chi connectivity index (χ0n) is 9.34. The molecule has 0 atom stereocenters. The third-order valence-electron chi connectivity index (χ3n) is 2.38. The van der Waals surface area contributed by atoms with E-state index < -0.39 is 0 Å². The van der Waals surface area contributed by atoms with E-state index in [-0.39, 0.29) is 5.91 Å². The number of pyridine rings is 1. The molecule has 1 aromatic carbocycles. The molecule has 0 spiro atoms. The Kier molecular flexibility index (Phi) is 3.44. The Morgan fingerprint density at radius 2 is 1.94 bits per heavy atom. The van der Waals surface area contributed by atoms with Gasteiger partial charge in [-0.3, -0.25) is 9.78 Å². The Balaban J connectivity index is 2.17. The fourth-order valence-corrected chi connectivity index (χ4v) is 1.57. The number of hydrogen-bond acceptors (Lipinski definition) is 3. The lowest BCUT2D eigenvalue weighted by atomic mass is 10.2. The first-order valence-electron chi connectivity index (χ1n) is 5.19. The summed E-state index contributed by atoms with van der Waals surface area (Å²) in [4.78, 5) is 16.9. The van der Waals surface area contributed by atoms with Crippen molar-refractivity contribution >= 4 is 24.2 Å². The molecule has 4 heteroatoms. The average Bonchev–Trinajstić information content (AvgIpc) is 2.33. The van der Waals surface area contributed by atoms with Crippen molar-refractivity contribution in [1.82, 2.24) is 4.98 Å². The van der Waals surface area contributed by atoms with Gasteiger partial charge in [0.15, 0.2) is 0 Å². The molecule has 0 unspecified atom stereocenters. The minimum atomic E-state index is -0.144. The van der Waals surface area contributed by atoms with Gasteiger partial charge in [-0.1, -0.05) is 0 Å². The minimum Gasteiger partial charge on any atom is -0.320 e. The van der Waals surface area contributed by atoms with E-state index in [1.54, 1.807) is 36.5 Å². The fourth-order valence-electron chi connectivity index (χ4n) is 1.42. The lowest BCUT2D eigenvalue weighted by Crippen LogP contribution is -2.12. The Bertz CT molecular complexity index is 537. The van der Waals surface area contributed by atoms with Crippen molar-refractivity contribution < 1.29 is 4.79 Å². The molecule has 0 saturated carbocycles. The fraction of sp³-hybridized carbons (Fsp3) is 0.0769. The first-order chi connectivity index (χ1) is 8.16. The largest absolute Gasteiger partial charge is 0.320 e. The van der Waals surface area contributed by atoms with E-state index in [0.717, 1.165) is 16.3 Å². The molecule has 1 amide bonds. The number of anilines is 1. The van der Waals surface area contributed by atoms with Crippen molar-refractivity contribution in [2.75, 3.05) is 5.32 Å². The van der Waals surface area contributed by atoms with Crippen LogP contribution in [0.4, 0.5) is 5.69 Å². The minimum absolute atomic E-state index is 0.144. The molecular formula is C13H12N2OS. The van der Waals surface area contributed by atoms with Crippen molar-refractivity contribution in [3.8, 4) is 0 Å². The van der Waals surface area contributed by atoms with Crippen LogP contribution < -0.4 is 5.32 Å². The summed E-state index contributed by atoms with van der Waals surface area (Å²) in [6.07, 6.45) is 1.70. The topological polar surface area (TPSA) is 42.0 Å². The molecular weight excluding hydrogens is 232 g/mol. The smallest absolute Gasteiger partial charge is 0.255 e. The van der Waals surface area contributed by atoms with Crippen LogP contribution in [0.5, 0.6) is 0 Å². The van der Waals surface area contributed by atoms with Gasteiger partial charge in [0.2, 0.25) is 0 Å². The Labute approximate surface area is 105 Å². The van der Waals surface area contributed by atoms with Crippen LogP contribution in [0.3, 0.4) is 0 Å². The molecule has 86 valence electrons. The number of hydrogen-bond donors (Lipinski definition) is 2. The summed E-state index contributed by atoms with van der Waals surface area (Å²) in [6.45, 7) is 1.85. The second-order valence-electron chi connectivity index (χ2n) is 3.64. The molecule has 0 aliphatic carbocycles. The lowest BCUT2D eigenvalue weighted by Gasteiger charge is -2.07. The summed E-state index contributed by atoms with van der Waals surface area (Å²) in [7, 11) is 0. The maximum atomic E-state index is 11.9. The van der Waals surface area contributed by atoms with Gasteiger partial charge in [-0.05, 0) is 43.3 Å². The molecule has 0 saturated heterocycles. The number of rotatable bonds is 2. The van der Waals surface area contributed by atoms with E-state index in [4.69, 9.17) is 0 Å². The van der Waals surface area contributed by atoms with Crippen molar-refractivity contribution in [2.24, 2.45) is 0 Å². The number of carbonyl (C=O) groups is 1. The van der Waals surface area contributed by atoms with Crippen molar-refractivity contribution in [1.29, 1.82) is 0 Å². The SMILES string of the molecule is Cc1ncccc1NC(=O)c1ccc(S)cc1. The van der Waals surface area contributed by atoms with Gasteiger partial charge in [0.1, 0.15) is 0 Å². The summed E-state index contributed by atoms with van der Waals surface area (Å²) in [6, 6.07) is 10.7. The van der Waals surface area contributed by atoms with Crippen LogP contribution in [0.2, 0.25) is 0 Å². The van der Waals surface area contributed by atoms with Crippen molar-refractivity contribution in [2.45, 2.75) is 11.8 Å². The van der Waals surface area contributed by atoms with Gasteiger partial charge >= 0.3 is 0 Å². The number of amides is 1. The van der Waals surface area contributed by atoms with E-state index in [2.05, 4.69) is 22.9 Å². The molecule has 1 heterocycles. The van der Waals surface area contributed by atoms with Crippen LogP contribution in [0.25, 0.3) is 0 Å². The second-order valence-corrected chi connectivity index (χ2v) is 4.15. The summed E-state index contributed by atoms with van der Waals surface area (Å²) in [5, 5.41) is 2.82. The molecule has 1 aromatic heterocycles. The number of benzene rings is 1. The van der Waals surface area contributed by atoms with Crippen LogP contribution in [-0.2, 0) is 0 Å². The van der Waals surface area contributed by atoms with Gasteiger partial charge in [-0.25, -0.2) is 0 Å². The predicted octanol–water partition coefficient (Wildman–Crippen LogP) is 2.93. The van der Waals surface area contributed by atoms with E-state index >= 15 is 0 Å². The molecule has 17 heavy (non-hydrogen) atoms. The highest BCUT2D eigenvalue weighted by Crippen LogP contribution is 2.13. The number of aromatic nitrogens is 1. The molecule has 2 rings (SSSR count). The number of aryl methyl sites for hydroxylation is 1. The number of nitrogens with zero attached hydrogens (tertiary/aromatic N) is 1. The molecule has 0 bridgehead atoms. The highest BCUT2D eigenvalue weighted by atomic mass is 32.1. The van der Waals surface area contributed by atoms with Gasteiger partial charge in [0.05, 0.1) is 11.4 Å². The van der Waals surface area contributed by atoms with E-state index in [0.29, 0.717) is 5.56 Å². The quantitative estimate of drug-likeness (QED) is 0.798. The Hall–Kier alpha value is -1.81. The average molecular weight is 244 g/mol. The van der Waals surface area contributed by atoms with Crippen molar-refractivity contribution in [3.63, 3.8) is 0 Å². The van der Waals surface area contributed by atoms with Gasteiger partial charge in [-0.15, -0.1) is 12.6 Å². The molecule has 0 aliphatic heterocycles. The number of nitrogens with one attached hydrogen (secondary N) is 1. The zero-order valence-corrected chi connectivity index (χ0v) is 10.2. The van der Waals surface area contributed by atoms with Crippen LogP contribution >= 0.6 is 12.6 Å². The normalized spacial score (nSPS) is 10.0. The van der Waals surface area contributed by atoms with Crippen LogP contribution in [-0.4, -0.2) is 10.9 Å². The first-order valence-corrected chi connectivity index (χ1v) is 5.63. The molecule has 0 radical (unpaired) electrons. The van der Waals surface area contributed by atoms with Crippen LogP contribution in [0.15, 0.2) is 47.5 Å². The molecule has 1 N–H and O–H groups in total. The number of thiol groups is 1. The van der Waals surface area contributed by atoms with Crippen LogP contribution in [0, 0.1) is 6.92 Å². The van der Waals surface area contributed by atoms with Crippen LogP contribution in [0.1, 0.15) is 16.1 Å². The highest BCUT2D eigenvalue weighted by Gasteiger charge is 2.07. The monoisotopic (exact) mass is 244 g/mol. The molecule has 0 aliphatic rings. The summed E-state index contributed by atoms with van der Waals surface area (Å²) < 4.78 is 0. The maximum Gasteiger partial charge on any atom is 0.255 e.